The summed E-state index contributed by atoms with van der Waals surface area (Å²) in [5.74, 6) is 0. The quantitative estimate of drug-likeness (QED) is 0.759. The van der Waals surface area contributed by atoms with E-state index < -0.39 is 0 Å². The van der Waals surface area contributed by atoms with Gasteiger partial charge in [-0.2, -0.15) is 0 Å². The van der Waals surface area contributed by atoms with Gasteiger partial charge in [0.1, 0.15) is 0 Å². The first-order valence-electron chi connectivity index (χ1n) is 8.35. The topological polar surface area (TPSA) is 44.0 Å². The monoisotopic (exact) mass is 306 g/mol. The van der Waals surface area contributed by atoms with Crippen LogP contribution in [-0.4, -0.2) is 23.1 Å². The van der Waals surface area contributed by atoms with Crippen LogP contribution in [0.2, 0.25) is 0 Å². The Bertz CT molecular complexity index is 769. The zero-order valence-corrected chi connectivity index (χ0v) is 13.3. The first kappa shape index (κ1) is 14.3. The molecule has 0 unspecified atom stereocenters. The molecule has 0 spiro atoms. The van der Waals surface area contributed by atoms with Gasteiger partial charge in [-0.25, -0.2) is 0 Å². The van der Waals surface area contributed by atoms with Crippen LogP contribution >= 0.6 is 0 Å². The number of nitrogens with one attached hydrogen (secondary N) is 2. The zero-order valence-electron chi connectivity index (χ0n) is 13.3. The molecule has 0 amide bonds. The molecule has 4 nitrogen and oxygen atoms in total. The summed E-state index contributed by atoms with van der Waals surface area (Å²) in [6.45, 7) is 3.99. The Kier molecular flexibility index (Phi) is 3.99. The maximum atomic E-state index is 4.59. The molecule has 1 aromatic carbocycles. The molecule has 0 aliphatic carbocycles. The minimum atomic E-state index is 0.797. The maximum Gasteiger partial charge on any atom is 0.0552 e. The molecule has 2 N–H and O–H groups in total. The summed E-state index contributed by atoms with van der Waals surface area (Å²) in [5, 5.41) is 4.74. The Balaban J connectivity index is 1.33. The van der Waals surface area contributed by atoms with E-state index >= 15 is 0 Å². The van der Waals surface area contributed by atoms with E-state index in [9.17, 15) is 0 Å². The van der Waals surface area contributed by atoms with Gasteiger partial charge in [0.15, 0.2) is 0 Å². The maximum absolute atomic E-state index is 4.59. The van der Waals surface area contributed by atoms with Gasteiger partial charge in [-0.15, -0.1) is 0 Å². The third-order valence-electron chi connectivity index (χ3n) is 4.53. The molecule has 0 atom stereocenters. The van der Waals surface area contributed by atoms with Gasteiger partial charge in [0.05, 0.1) is 17.6 Å². The molecule has 0 radical (unpaired) electrons. The van der Waals surface area contributed by atoms with Crippen LogP contribution in [0, 0.1) is 0 Å². The predicted octanol–water partition coefficient (Wildman–Crippen LogP) is 3.45. The Morgan fingerprint density at radius 2 is 1.96 bits per heavy atom. The van der Waals surface area contributed by atoms with Crippen LogP contribution in [-0.2, 0) is 13.1 Å². The average Bonchev–Trinajstić information content (AvgIpc) is 3.27. The number of rotatable bonds is 5. The van der Waals surface area contributed by atoms with Crippen LogP contribution in [0.15, 0.2) is 48.8 Å². The van der Waals surface area contributed by atoms with Crippen molar-refractivity contribution < 1.29 is 0 Å². The van der Waals surface area contributed by atoms with E-state index in [-0.39, 0.29) is 0 Å². The fourth-order valence-corrected chi connectivity index (χ4v) is 3.23. The van der Waals surface area contributed by atoms with Gasteiger partial charge in [0, 0.05) is 37.9 Å². The summed E-state index contributed by atoms with van der Waals surface area (Å²) in [7, 11) is 0. The number of pyridine rings is 1. The average molecular weight is 306 g/mol. The van der Waals surface area contributed by atoms with Crippen molar-refractivity contribution in [3.05, 3.63) is 60.0 Å². The fraction of sp³-hybridized carbons (Fsp3) is 0.316. The van der Waals surface area contributed by atoms with Crippen molar-refractivity contribution in [2.24, 2.45) is 0 Å². The summed E-state index contributed by atoms with van der Waals surface area (Å²) in [4.78, 5) is 10.2. The van der Waals surface area contributed by atoms with E-state index in [1.807, 2.05) is 12.4 Å². The molecular weight excluding hydrogens is 284 g/mol. The number of nitrogens with zero attached hydrogens (tertiary/aromatic N) is 2. The molecule has 1 aliphatic heterocycles. The first-order valence-corrected chi connectivity index (χ1v) is 8.35. The van der Waals surface area contributed by atoms with Gasteiger partial charge in [-0.05, 0) is 54.1 Å². The smallest absolute Gasteiger partial charge is 0.0552 e. The van der Waals surface area contributed by atoms with Crippen LogP contribution in [0.4, 0.5) is 5.69 Å². The number of aromatic nitrogens is 2. The minimum Gasteiger partial charge on any atom is -0.370 e. The van der Waals surface area contributed by atoms with Crippen molar-refractivity contribution in [1.29, 1.82) is 0 Å². The zero-order chi connectivity index (χ0) is 15.5. The Hall–Kier alpha value is -2.33. The highest BCUT2D eigenvalue weighted by Gasteiger charge is 2.12. The third-order valence-corrected chi connectivity index (χ3v) is 4.53. The molecular formula is C19H22N4. The number of fused-ring (bicyclic) bond motifs is 1. The molecule has 0 saturated carbocycles. The molecule has 23 heavy (non-hydrogen) atoms. The van der Waals surface area contributed by atoms with Gasteiger partial charge in [-0.3, -0.25) is 4.98 Å². The molecule has 1 aliphatic rings. The molecule has 4 rings (SSSR count). The molecule has 1 saturated heterocycles. The lowest BCUT2D eigenvalue weighted by atomic mass is 10.1. The Morgan fingerprint density at radius 3 is 2.78 bits per heavy atom. The summed E-state index contributed by atoms with van der Waals surface area (Å²) >= 11 is 0. The molecule has 3 aromatic rings. The minimum absolute atomic E-state index is 0.797. The SMILES string of the molecule is c1cc2cc(CNCc3ccc(N4CCCC4)cn3)ccc2[nH]1. The highest BCUT2D eigenvalue weighted by Crippen LogP contribution is 2.19. The highest BCUT2D eigenvalue weighted by molar-refractivity contribution is 5.79. The van der Waals surface area contributed by atoms with Crippen molar-refractivity contribution in [2.45, 2.75) is 25.9 Å². The molecule has 0 bridgehead atoms. The Labute approximate surface area is 136 Å². The normalized spacial score (nSPS) is 14.7. The van der Waals surface area contributed by atoms with E-state index in [2.05, 4.69) is 56.6 Å². The third kappa shape index (κ3) is 3.22. The van der Waals surface area contributed by atoms with E-state index in [4.69, 9.17) is 0 Å². The van der Waals surface area contributed by atoms with Crippen LogP contribution in [0.3, 0.4) is 0 Å². The summed E-state index contributed by atoms with van der Waals surface area (Å²) in [5.41, 5.74) is 4.83. The van der Waals surface area contributed by atoms with E-state index in [1.54, 1.807) is 0 Å². The van der Waals surface area contributed by atoms with Crippen molar-refractivity contribution in [3.63, 3.8) is 0 Å². The largest absolute Gasteiger partial charge is 0.370 e. The van der Waals surface area contributed by atoms with Crippen molar-refractivity contribution in [1.82, 2.24) is 15.3 Å². The number of hydrogen-bond acceptors (Lipinski definition) is 3. The second kappa shape index (κ2) is 6.42. The van der Waals surface area contributed by atoms with Crippen molar-refractivity contribution >= 4 is 16.6 Å². The van der Waals surface area contributed by atoms with Gasteiger partial charge in [0.25, 0.3) is 0 Å². The standard InChI is InChI=1S/C19H22N4/c1-2-10-23(9-1)18-5-4-17(22-14-18)13-20-12-15-3-6-19-16(11-15)7-8-21-19/h3-8,11,14,20-21H,1-2,9-10,12-13H2. The van der Waals surface area contributed by atoms with Gasteiger partial charge in [0.2, 0.25) is 0 Å². The first-order chi connectivity index (χ1) is 11.4. The van der Waals surface area contributed by atoms with Crippen LogP contribution < -0.4 is 10.2 Å². The van der Waals surface area contributed by atoms with Gasteiger partial charge >= 0.3 is 0 Å². The number of anilines is 1. The van der Waals surface area contributed by atoms with E-state index in [0.29, 0.717) is 0 Å². The number of H-pyrrole nitrogens is 1. The highest BCUT2D eigenvalue weighted by atomic mass is 15.1. The molecule has 3 heterocycles. The van der Waals surface area contributed by atoms with Crippen LogP contribution in [0.5, 0.6) is 0 Å². The van der Waals surface area contributed by atoms with E-state index in [0.717, 1.165) is 18.8 Å². The summed E-state index contributed by atoms with van der Waals surface area (Å²) in [6.07, 6.45) is 6.59. The number of hydrogen-bond donors (Lipinski definition) is 2. The van der Waals surface area contributed by atoms with Crippen LogP contribution in [0.25, 0.3) is 10.9 Å². The number of aromatic amines is 1. The Morgan fingerprint density at radius 1 is 1.04 bits per heavy atom. The molecule has 2 aromatic heterocycles. The van der Waals surface area contributed by atoms with Gasteiger partial charge < -0.3 is 15.2 Å². The van der Waals surface area contributed by atoms with Crippen LogP contribution in [0.1, 0.15) is 24.1 Å². The van der Waals surface area contributed by atoms with Gasteiger partial charge in [-0.1, -0.05) is 6.07 Å². The van der Waals surface area contributed by atoms with Crippen molar-refractivity contribution in [2.75, 3.05) is 18.0 Å². The van der Waals surface area contributed by atoms with Crippen molar-refractivity contribution in [3.8, 4) is 0 Å². The molecule has 118 valence electrons. The molecule has 4 heteroatoms. The second-order valence-corrected chi connectivity index (χ2v) is 6.20. The lowest BCUT2D eigenvalue weighted by Crippen LogP contribution is -2.18. The van der Waals surface area contributed by atoms with E-state index in [1.165, 1.54) is 48.1 Å². The fourth-order valence-electron chi connectivity index (χ4n) is 3.23. The number of benzene rings is 1. The lowest BCUT2D eigenvalue weighted by Gasteiger charge is -2.17. The lowest BCUT2D eigenvalue weighted by molar-refractivity contribution is 0.680. The second-order valence-electron chi connectivity index (χ2n) is 6.20. The summed E-state index contributed by atoms with van der Waals surface area (Å²) in [6, 6.07) is 13.0. The predicted molar refractivity (Wildman–Crippen MR) is 94.5 cm³/mol. The molecule has 1 fully saturated rings. The summed E-state index contributed by atoms with van der Waals surface area (Å²) < 4.78 is 0.